The van der Waals surface area contributed by atoms with Crippen molar-refractivity contribution in [2.75, 3.05) is 13.7 Å². The van der Waals surface area contributed by atoms with Gasteiger partial charge in [-0.1, -0.05) is 30.3 Å². The number of carbonyl (C=O) groups excluding carboxylic acids is 1. The average Bonchev–Trinajstić information content (AvgIpc) is 2.53. The Balaban J connectivity index is 1.79. The molecule has 2 aromatic carbocycles. The lowest BCUT2D eigenvalue weighted by Crippen LogP contribution is -2.17. The van der Waals surface area contributed by atoms with E-state index in [-0.39, 0.29) is 11.8 Å². The Morgan fingerprint density at radius 2 is 1.86 bits per heavy atom. The summed E-state index contributed by atoms with van der Waals surface area (Å²) in [4.78, 5) is 11.3. The lowest BCUT2D eigenvalue weighted by atomic mass is 10.1. The Morgan fingerprint density at radius 1 is 1.14 bits per heavy atom. The van der Waals surface area contributed by atoms with Crippen molar-refractivity contribution in [2.24, 2.45) is 0 Å². The number of hydrogen-bond donors (Lipinski definition) is 1. The highest BCUT2D eigenvalue weighted by molar-refractivity contribution is 5.89. The molecule has 0 saturated heterocycles. The Hall–Kier alpha value is -2.20. The smallest absolute Gasteiger partial charge is 0.337 e. The van der Waals surface area contributed by atoms with E-state index in [9.17, 15) is 9.18 Å². The molecule has 21 heavy (non-hydrogen) atoms. The van der Waals surface area contributed by atoms with E-state index in [0.29, 0.717) is 30.6 Å². The average molecular weight is 287 g/mol. The van der Waals surface area contributed by atoms with Crippen LogP contribution >= 0.6 is 0 Å². The summed E-state index contributed by atoms with van der Waals surface area (Å²) in [5.74, 6) is -0.504. The Bertz CT molecular complexity index is 596. The third-order valence-corrected chi connectivity index (χ3v) is 3.23. The first-order chi connectivity index (χ1) is 10.2. The Labute approximate surface area is 123 Å². The summed E-state index contributed by atoms with van der Waals surface area (Å²) in [5, 5.41) is 3.26. The molecule has 0 bridgehead atoms. The lowest BCUT2D eigenvalue weighted by molar-refractivity contribution is 0.0600. The van der Waals surface area contributed by atoms with Crippen molar-refractivity contribution in [1.29, 1.82) is 0 Å². The highest BCUT2D eigenvalue weighted by Gasteiger charge is 2.04. The van der Waals surface area contributed by atoms with Gasteiger partial charge in [-0.25, -0.2) is 9.18 Å². The molecule has 0 aromatic heterocycles. The van der Waals surface area contributed by atoms with Gasteiger partial charge in [0.05, 0.1) is 12.7 Å². The molecule has 0 spiro atoms. The molecule has 3 nitrogen and oxygen atoms in total. The molecule has 0 radical (unpaired) electrons. The van der Waals surface area contributed by atoms with Gasteiger partial charge in [0, 0.05) is 6.54 Å². The molecule has 0 atom stereocenters. The van der Waals surface area contributed by atoms with Gasteiger partial charge >= 0.3 is 5.97 Å². The van der Waals surface area contributed by atoms with Crippen LogP contribution in [0.1, 0.15) is 21.5 Å². The van der Waals surface area contributed by atoms with Gasteiger partial charge in [-0.3, -0.25) is 0 Å². The molecule has 0 aliphatic carbocycles. The summed E-state index contributed by atoms with van der Waals surface area (Å²) in [6.07, 6.45) is 0.646. The van der Waals surface area contributed by atoms with Crippen molar-refractivity contribution in [3.8, 4) is 0 Å². The fourth-order valence-electron chi connectivity index (χ4n) is 2.03. The molecule has 4 heteroatoms. The molecule has 2 rings (SSSR count). The van der Waals surface area contributed by atoms with Crippen LogP contribution in [0.5, 0.6) is 0 Å². The maximum absolute atomic E-state index is 13.4. The van der Waals surface area contributed by atoms with E-state index in [2.05, 4.69) is 10.1 Å². The van der Waals surface area contributed by atoms with Gasteiger partial charge < -0.3 is 10.1 Å². The van der Waals surface area contributed by atoms with Crippen molar-refractivity contribution in [1.82, 2.24) is 5.32 Å². The minimum Gasteiger partial charge on any atom is -0.465 e. The second-order valence-corrected chi connectivity index (χ2v) is 4.71. The fourth-order valence-corrected chi connectivity index (χ4v) is 2.03. The first-order valence-corrected chi connectivity index (χ1v) is 6.82. The van der Waals surface area contributed by atoms with E-state index < -0.39 is 0 Å². The normalized spacial score (nSPS) is 10.4. The van der Waals surface area contributed by atoms with Crippen molar-refractivity contribution in [2.45, 2.75) is 13.0 Å². The molecule has 0 amide bonds. The SMILES string of the molecule is COC(=O)c1ccc(CNCCc2ccccc2F)cc1. The quantitative estimate of drug-likeness (QED) is 0.656. The van der Waals surface area contributed by atoms with Crippen LogP contribution < -0.4 is 5.32 Å². The summed E-state index contributed by atoms with van der Waals surface area (Å²) in [6, 6.07) is 14.0. The largest absolute Gasteiger partial charge is 0.465 e. The monoisotopic (exact) mass is 287 g/mol. The van der Waals surface area contributed by atoms with Crippen molar-refractivity contribution in [3.63, 3.8) is 0 Å². The van der Waals surface area contributed by atoms with Crippen molar-refractivity contribution in [3.05, 3.63) is 71.0 Å². The number of methoxy groups -OCH3 is 1. The summed E-state index contributed by atoms with van der Waals surface area (Å²) in [5.41, 5.74) is 2.31. The molecular weight excluding hydrogens is 269 g/mol. The third-order valence-electron chi connectivity index (χ3n) is 3.23. The minimum absolute atomic E-state index is 0.165. The van der Waals surface area contributed by atoms with E-state index in [1.54, 1.807) is 24.3 Å². The van der Waals surface area contributed by atoms with Crippen LogP contribution in [0.15, 0.2) is 48.5 Å². The first kappa shape index (κ1) is 15.2. The molecule has 0 saturated carbocycles. The number of benzene rings is 2. The molecule has 0 aliphatic heterocycles. The summed E-state index contributed by atoms with van der Waals surface area (Å²) >= 11 is 0. The molecular formula is C17H18FNO2. The molecule has 0 aliphatic rings. The number of rotatable bonds is 6. The highest BCUT2D eigenvalue weighted by atomic mass is 19.1. The predicted molar refractivity (Wildman–Crippen MR) is 79.6 cm³/mol. The van der Waals surface area contributed by atoms with Crippen LogP contribution in [-0.4, -0.2) is 19.6 Å². The van der Waals surface area contributed by atoms with Crippen LogP contribution in [0.3, 0.4) is 0 Å². The number of esters is 1. The molecule has 110 valence electrons. The Kier molecular flexibility index (Phi) is 5.46. The topological polar surface area (TPSA) is 38.3 Å². The number of halogens is 1. The summed E-state index contributed by atoms with van der Waals surface area (Å²) in [6.45, 7) is 1.37. The molecule has 0 heterocycles. The number of carbonyl (C=O) groups is 1. The van der Waals surface area contributed by atoms with E-state index >= 15 is 0 Å². The van der Waals surface area contributed by atoms with E-state index in [4.69, 9.17) is 0 Å². The summed E-state index contributed by atoms with van der Waals surface area (Å²) < 4.78 is 18.1. The molecule has 0 fully saturated rings. The van der Waals surface area contributed by atoms with Gasteiger partial charge in [0.1, 0.15) is 5.82 Å². The standard InChI is InChI=1S/C17H18FNO2/c1-21-17(20)15-8-6-13(7-9-15)12-19-11-10-14-4-2-3-5-16(14)18/h2-9,19H,10-12H2,1H3. The van der Waals surface area contributed by atoms with Gasteiger partial charge in [-0.05, 0) is 42.3 Å². The maximum Gasteiger partial charge on any atom is 0.337 e. The highest BCUT2D eigenvalue weighted by Crippen LogP contribution is 2.07. The number of nitrogens with one attached hydrogen (secondary N) is 1. The maximum atomic E-state index is 13.4. The minimum atomic E-state index is -0.339. The summed E-state index contributed by atoms with van der Waals surface area (Å²) in [7, 11) is 1.36. The van der Waals surface area contributed by atoms with E-state index in [1.807, 2.05) is 18.2 Å². The molecule has 2 aromatic rings. The van der Waals surface area contributed by atoms with Crippen molar-refractivity contribution >= 4 is 5.97 Å². The van der Waals surface area contributed by atoms with Gasteiger partial charge in [0.2, 0.25) is 0 Å². The predicted octanol–water partition coefficient (Wildman–Crippen LogP) is 2.94. The molecule has 1 N–H and O–H groups in total. The zero-order valence-electron chi connectivity index (χ0n) is 11.9. The second-order valence-electron chi connectivity index (χ2n) is 4.71. The third kappa shape index (κ3) is 4.39. The van der Waals surface area contributed by atoms with E-state index in [0.717, 1.165) is 5.56 Å². The van der Waals surface area contributed by atoms with Gasteiger partial charge in [0.25, 0.3) is 0 Å². The van der Waals surface area contributed by atoms with Crippen molar-refractivity contribution < 1.29 is 13.9 Å². The van der Waals surface area contributed by atoms with E-state index in [1.165, 1.54) is 13.2 Å². The molecule has 0 unspecified atom stereocenters. The first-order valence-electron chi connectivity index (χ1n) is 6.82. The van der Waals surface area contributed by atoms with Crippen LogP contribution in [-0.2, 0) is 17.7 Å². The lowest BCUT2D eigenvalue weighted by Gasteiger charge is -2.06. The second kappa shape index (κ2) is 7.55. The zero-order valence-corrected chi connectivity index (χ0v) is 11.9. The van der Waals surface area contributed by atoms with Gasteiger partial charge in [-0.15, -0.1) is 0 Å². The van der Waals surface area contributed by atoms with Gasteiger partial charge in [-0.2, -0.15) is 0 Å². The number of ether oxygens (including phenoxy) is 1. The van der Waals surface area contributed by atoms with Crippen LogP contribution in [0.2, 0.25) is 0 Å². The van der Waals surface area contributed by atoms with Crippen LogP contribution in [0.25, 0.3) is 0 Å². The zero-order chi connectivity index (χ0) is 15.1. The van der Waals surface area contributed by atoms with Crippen LogP contribution in [0.4, 0.5) is 4.39 Å². The number of hydrogen-bond acceptors (Lipinski definition) is 3. The fraction of sp³-hybridized carbons (Fsp3) is 0.235. The van der Waals surface area contributed by atoms with Gasteiger partial charge in [0.15, 0.2) is 0 Å². The Morgan fingerprint density at radius 3 is 2.52 bits per heavy atom. The van der Waals surface area contributed by atoms with Crippen LogP contribution in [0, 0.1) is 5.82 Å².